The SMILES string of the molecule is O=C(Nc1cc(Cl)cc(-c2ccncc2)c1)c1cc(N2CCCS2(O)O)cc(Cl)c1Cl. The number of hydrogen-bond donors (Lipinski definition) is 3. The average Bonchev–Trinajstić information content (AvgIpc) is 3.09. The van der Waals surface area contributed by atoms with E-state index in [4.69, 9.17) is 34.8 Å². The zero-order valence-corrected chi connectivity index (χ0v) is 19.1. The summed E-state index contributed by atoms with van der Waals surface area (Å²) in [5.41, 5.74) is 2.74. The number of anilines is 2. The molecule has 162 valence electrons. The van der Waals surface area contributed by atoms with Gasteiger partial charge >= 0.3 is 0 Å². The number of nitrogens with zero attached hydrogens (tertiary/aromatic N) is 2. The number of aromatic nitrogens is 1. The molecule has 3 aromatic rings. The van der Waals surface area contributed by atoms with Gasteiger partial charge in [-0.15, -0.1) is 10.8 Å². The third-order valence-electron chi connectivity index (χ3n) is 4.85. The van der Waals surface area contributed by atoms with Crippen LogP contribution in [0.2, 0.25) is 15.1 Å². The molecule has 31 heavy (non-hydrogen) atoms. The summed E-state index contributed by atoms with van der Waals surface area (Å²) >= 11 is 18.8. The Morgan fingerprint density at radius 2 is 1.77 bits per heavy atom. The molecule has 0 unspecified atom stereocenters. The lowest BCUT2D eigenvalue weighted by atomic mass is 10.1. The maximum absolute atomic E-state index is 13.0. The number of hydrogen-bond acceptors (Lipinski definition) is 5. The molecule has 10 heteroatoms. The van der Waals surface area contributed by atoms with E-state index in [9.17, 15) is 13.9 Å². The topological polar surface area (TPSA) is 85.7 Å². The molecule has 0 aliphatic carbocycles. The molecular weight excluding hydrogens is 481 g/mol. The van der Waals surface area contributed by atoms with Crippen molar-refractivity contribution in [3.05, 3.63) is 75.5 Å². The zero-order chi connectivity index (χ0) is 22.2. The van der Waals surface area contributed by atoms with Crippen LogP contribution in [0.1, 0.15) is 16.8 Å². The monoisotopic (exact) mass is 497 g/mol. The number of pyridine rings is 1. The Kier molecular flexibility index (Phi) is 6.35. The van der Waals surface area contributed by atoms with Crippen LogP contribution in [0.5, 0.6) is 0 Å². The lowest BCUT2D eigenvalue weighted by Crippen LogP contribution is -2.22. The Morgan fingerprint density at radius 1 is 1.03 bits per heavy atom. The van der Waals surface area contributed by atoms with E-state index in [0.717, 1.165) is 11.1 Å². The van der Waals surface area contributed by atoms with Crippen molar-refractivity contribution in [2.45, 2.75) is 6.42 Å². The van der Waals surface area contributed by atoms with E-state index in [-0.39, 0.29) is 21.4 Å². The summed E-state index contributed by atoms with van der Waals surface area (Å²) in [6.07, 6.45) is 3.97. The van der Waals surface area contributed by atoms with Gasteiger partial charge in [0, 0.05) is 29.6 Å². The van der Waals surface area contributed by atoms with Crippen LogP contribution >= 0.6 is 45.6 Å². The van der Waals surface area contributed by atoms with Crippen molar-refractivity contribution in [1.82, 2.24) is 4.98 Å². The van der Waals surface area contributed by atoms with Gasteiger partial charge in [0.2, 0.25) is 0 Å². The Bertz CT molecular complexity index is 1150. The number of amides is 1. The van der Waals surface area contributed by atoms with Gasteiger partial charge in [-0.25, -0.2) is 0 Å². The van der Waals surface area contributed by atoms with Crippen molar-refractivity contribution in [2.75, 3.05) is 21.9 Å². The number of carbonyl (C=O) groups excluding carboxylic acids is 1. The predicted molar refractivity (Wildman–Crippen MR) is 129 cm³/mol. The van der Waals surface area contributed by atoms with Gasteiger partial charge < -0.3 is 5.32 Å². The molecule has 3 N–H and O–H groups in total. The fourth-order valence-corrected chi connectivity index (χ4v) is 5.66. The van der Waals surface area contributed by atoms with Gasteiger partial charge in [0.25, 0.3) is 5.91 Å². The van der Waals surface area contributed by atoms with E-state index in [1.54, 1.807) is 30.6 Å². The molecule has 0 bridgehead atoms. The molecule has 1 saturated heterocycles. The number of nitrogens with one attached hydrogen (secondary N) is 1. The van der Waals surface area contributed by atoms with Crippen molar-refractivity contribution in [3.63, 3.8) is 0 Å². The van der Waals surface area contributed by atoms with Gasteiger partial charge in [0.05, 0.1) is 27.0 Å². The van der Waals surface area contributed by atoms with Crippen molar-refractivity contribution >= 4 is 62.9 Å². The summed E-state index contributed by atoms with van der Waals surface area (Å²) in [5, 5.41) is 3.48. The first-order chi connectivity index (χ1) is 14.7. The predicted octanol–water partition coefficient (Wildman–Crippen LogP) is 6.84. The van der Waals surface area contributed by atoms with E-state index < -0.39 is 16.7 Å². The standard InChI is InChI=1S/C21H18Cl3N3O3S/c22-15-8-14(13-2-4-25-5-3-13)9-16(10-15)26-21(28)18-11-17(12-19(23)20(18)24)27-6-1-7-31(27,29)30/h2-5,8-12,29-30H,1,6-7H2,(H,26,28). The Balaban J connectivity index is 1.66. The summed E-state index contributed by atoms with van der Waals surface area (Å²) in [4.78, 5) is 17.0. The van der Waals surface area contributed by atoms with Crippen LogP contribution < -0.4 is 9.62 Å². The van der Waals surface area contributed by atoms with Crippen LogP contribution in [0.3, 0.4) is 0 Å². The first-order valence-corrected chi connectivity index (χ1v) is 12.1. The minimum absolute atomic E-state index is 0.0787. The van der Waals surface area contributed by atoms with Crippen molar-refractivity contribution in [2.24, 2.45) is 0 Å². The Labute approximate surface area is 196 Å². The molecule has 1 amide bonds. The van der Waals surface area contributed by atoms with Gasteiger partial charge in [0.1, 0.15) is 0 Å². The van der Waals surface area contributed by atoms with Crippen LogP contribution in [-0.2, 0) is 0 Å². The fraction of sp³-hybridized carbons (Fsp3) is 0.143. The summed E-state index contributed by atoms with van der Waals surface area (Å²) in [5.74, 6) is -0.220. The van der Waals surface area contributed by atoms with E-state index in [2.05, 4.69) is 10.3 Å². The van der Waals surface area contributed by atoms with Crippen LogP contribution in [-0.4, -0.2) is 32.3 Å². The quantitative estimate of drug-likeness (QED) is 0.367. The van der Waals surface area contributed by atoms with Crippen LogP contribution in [0.25, 0.3) is 11.1 Å². The smallest absolute Gasteiger partial charge is 0.257 e. The third-order valence-corrected chi connectivity index (χ3v) is 7.80. The molecule has 0 atom stereocenters. The molecule has 1 aliphatic rings. The van der Waals surface area contributed by atoms with E-state index in [0.29, 0.717) is 29.4 Å². The minimum atomic E-state index is -2.94. The molecule has 0 radical (unpaired) electrons. The third kappa shape index (κ3) is 4.77. The molecular formula is C21H18Cl3N3O3S. The highest BCUT2D eigenvalue weighted by Gasteiger charge is 2.30. The molecule has 6 nitrogen and oxygen atoms in total. The zero-order valence-electron chi connectivity index (χ0n) is 16.1. The van der Waals surface area contributed by atoms with Crippen LogP contribution in [0.4, 0.5) is 11.4 Å². The highest BCUT2D eigenvalue weighted by Crippen LogP contribution is 2.52. The largest absolute Gasteiger partial charge is 0.322 e. The van der Waals surface area contributed by atoms with Crippen molar-refractivity contribution < 1.29 is 13.9 Å². The first kappa shape index (κ1) is 22.2. The van der Waals surface area contributed by atoms with Gasteiger partial charge in [-0.1, -0.05) is 34.8 Å². The second-order valence-electron chi connectivity index (χ2n) is 7.00. The normalized spacial score (nSPS) is 16.2. The number of halogens is 3. The van der Waals surface area contributed by atoms with Gasteiger partial charge in [-0.2, -0.15) is 0 Å². The van der Waals surface area contributed by atoms with E-state index in [1.807, 2.05) is 12.1 Å². The molecule has 2 heterocycles. The molecule has 2 aromatic carbocycles. The van der Waals surface area contributed by atoms with Gasteiger partial charge in [-0.3, -0.25) is 23.2 Å². The molecule has 1 aromatic heterocycles. The maximum Gasteiger partial charge on any atom is 0.257 e. The lowest BCUT2D eigenvalue weighted by Gasteiger charge is -2.38. The second kappa shape index (κ2) is 8.86. The minimum Gasteiger partial charge on any atom is -0.322 e. The number of carbonyl (C=O) groups is 1. The number of rotatable bonds is 4. The molecule has 0 spiro atoms. The van der Waals surface area contributed by atoms with Crippen molar-refractivity contribution in [1.29, 1.82) is 0 Å². The fourth-order valence-electron chi connectivity index (χ4n) is 3.41. The van der Waals surface area contributed by atoms with Gasteiger partial charge in [0.15, 0.2) is 0 Å². The highest BCUT2D eigenvalue weighted by molar-refractivity contribution is 8.25. The second-order valence-corrected chi connectivity index (χ2v) is 10.3. The van der Waals surface area contributed by atoms with E-state index >= 15 is 0 Å². The maximum atomic E-state index is 13.0. The summed E-state index contributed by atoms with van der Waals surface area (Å²) in [7, 11) is -2.94. The summed E-state index contributed by atoms with van der Waals surface area (Å²) < 4.78 is 22.0. The molecule has 0 saturated carbocycles. The Hall–Kier alpha value is -2.00. The molecule has 4 rings (SSSR count). The van der Waals surface area contributed by atoms with Crippen LogP contribution in [0.15, 0.2) is 54.9 Å². The summed E-state index contributed by atoms with van der Waals surface area (Å²) in [6, 6.07) is 11.9. The molecule has 1 fully saturated rings. The van der Waals surface area contributed by atoms with E-state index in [1.165, 1.54) is 16.4 Å². The van der Waals surface area contributed by atoms with Crippen LogP contribution in [0, 0.1) is 0 Å². The first-order valence-electron chi connectivity index (χ1n) is 9.29. The lowest BCUT2D eigenvalue weighted by molar-refractivity contribution is 0.102. The average molecular weight is 499 g/mol. The number of benzene rings is 2. The van der Waals surface area contributed by atoms with Crippen molar-refractivity contribution in [3.8, 4) is 11.1 Å². The molecule has 1 aliphatic heterocycles. The van der Waals surface area contributed by atoms with Gasteiger partial charge in [-0.05, 0) is 60.0 Å². The Morgan fingerprint density at radius 3 is 2.45 bits per heavy atom. The summed E-state index contributed by atoms with van der Waals surface area (Å²) in [6.45, 7) is 0.449. The highest BCUT2D eigenvalue weighted by atomic mass is 35.5.